The SMILES string of the molecule is CCNC(c1ccco1)C1CCOC1CC. The van der Waals surface area contributed by atoms with Crippen LogP contribution in [-0.2, 0) is 4.74 Å². The Bertz CT molecular complexity index is 297. The lowest BCUT2D eigenvalue weighted by molar-refractivity contribution is 0.0749. The van der Waals surface area contributed by atoms with Gasteiger partial charge in [0.15, 0.2) is 0 Å². The van der Waals surface area contributed by atoms with Crippen molar-refractivity contribution in [3.8, 4) is 0 Å². The first-order valence-corrected chi connectivity index (χ1v) is 6.25. The third-order valence-electron chi connectivity index (χ3n) is 3.36. The second-order valence-electron chi connectivity index (χ2n) is 4.32. The summed E-state index contributed by atoms with van der Waals surface area (Å²) in [7, 11) is 0. The topological polar surface area (TPSA) is 34.4 Å². The zero-order chi connectivity index (χ0) is 11.4. The first-order valence-electron chi connectivity index (χ1n) is 6.25. The van der Waals surface area contributed by atoms with E-state index in [0.717, 1.165) is 31.8 Å². The Balaban J connectivity index is 2.12. The maximum atomic E-state index is 5.76. The van der Waals surface area contributed by atoms with Crippen LogP contribution in [0.2, 0.25) is 0 Å². The van der Waals surface area contributed by atoms with Crippen molar-refractivity contribution in [2.24, 2.45) is 5.92 Å². The van der Waals surface area contributed by atoms with Gasteiger partial charge in [0.2, 0.25) is 0 Å². The monoisotopic (exact) mass is 223 g/mol. The van der Waals surface area contributed by atoms with Crippen molar-refractivity contribution < 1.29 is 9.15 Å². The molecule has 1 aromatic rings. The Kier molecular flexibility index (Phi) is 4.02. The van der Waals surface area contributed by atoms with Gasteiger partial charge in [0.1, 0.15) is 5.76 Å². The fourth-order valence-corrected chi connectivity index (χ4v) is 2.62. The molecular formula is C13H21NO2. The van der Waals surface area contributed by atoms with Crippen LogP contribution in [0.5, 0.6) is 0 Å². The Morgan fingerprint density at radius 2 is 2.38 bits per heavy atom. The minimum Gasteiger partial charge on any atom is -0.468 e. The number of ether oxygens (including phenoxy) is 1. The van der Waals surface area contributed by atoms with E-state index in [1.807, 2.05) is 6.07 Å². The molecule has 1 aromatic heterocycles. The van der Waals surface area contributed by atoms with Crippen LogP contribution in [0.4, 0.5) is 0 Å². The van der Waals surface area contributed by atoms with Gasteiger partial charge in [-0.05, 0) is 31.5 Å². The van der Waals surface area contributed by atoms with E-state index in [1.54, 1.807) is 6.26 Å². The fraction of sp³-hybridized carbons (Fsp3) is 0.692. The summed E-state index contributed by atoms with van der Waals surface area (Å²) in [5, 5.41) is 3.52. The Hall–Kier alpha value is -0.800. The normalized spacial score (nSPS) is 27.1. The van der Waals surface area contributed by atoms with Crippen LogP contribution >= 0.6 is 0 Å². The molecule has 3 unspecified atom stereocenters. The third kappa shape index (κ3) is 2.30. The summed E-state index contributed by atoms with van der Waals surface area (Å²) < 4.78 is 11.3. The lowest BCUT2D eigenvalue weighted by Crippen LogP contribution is -2.32. The van der Waals surface area contributed by atoms with Crippen LogP contribution in [0.25, 0.3) is 0 Å². The number of nitrogens with one attached hydrogen (secondary N) is 1. The van der Waals surface area contributed by atoms with Crippen LogP contribution in [-0.4, -0.2) is 19.3 Å². The molecule has 1 aliphatic heterocycles. The molecule has 16 heavy (non-hydrogen) atoms. The van der Waals surface area contributed by atoms with Crippen LogP contribution in [0.3, 0.4) is 0 Å². The van der Waals surface area contributed by atoms with Gasteiger partial charge in [0, 0.05) is 12.5 Å². The van der Waals surface area contributed by atoms with Crippen molar-refractivity contribution in [2.75, 3.05) is 13.2 Å². The van der Waals surface area contributed by atoms with E-state index in [9.17, 15) is 0 Å². The maximum absolute atomic E-state index is 5.76. The fourth-order valence-electron chi connectivity index (χ4n) is 2.62. The molecule has 0 bridgehead atoms. The van der Waals surface area contributed by atoms with E-state index in [-0.39, 0.29) is 0 Å². The summed E-state index contributed by atoms with van der Waals surface area (Å²) in [6.07, 6.45) is 4.31. The highest BCUT2D eigenvalue weighted by molar-refractivity contribution is 5.07. The molecule has 3 heteroatoms. The smallest absolute Gasteiger partial charge is 0.121 e. The average Bonchev–Trinajstić information content (AvgIpc) is 2.96. The molecule has 2 rings (SSSR count). The molecule has 1 fully saturated rings. The van der Waals surface area contributed by atoms with Gasteiger partial charge in [-0.15, -0.1) is 0 Å². The first-order chi connectivity index (χ1) is 7.86. The minimum atomic E-state index is 0.299. The Morgan fingerprint density at radius 3 is 3.00 bits per heavy atom. The molecule has 0 spiro atoms. The summed E-state index contributed by atoms with van der Waals surface area (Å²) in [6.45, 7) is 6.16. The summed E-state index contributed by atoms with van der Waals surface area (Å²) in [4.78, 5) is 0. The van der Waals surface area contributed by atoms with Crippen LogP contribution in [0.15, 0.2) is 22.8 Å². The van der Waals surface area contributed by atoms with Crippen LogP contribution < -0.4 is 5.32 Å². The molecule has 0 saturated carbocycles. The molecule has 1 N–H and O–H groups in total. The van der Waals surface area contributed by atoms with Gasteiger partial charge in [0.05, 0.1) is 18.4 Å². The molecule has 0 aliphatic carbocycles. The average molecular weight is 223 g/mol. The Labute approximate surface area is 97.2 Å². The predicted octanol–water partition coefficient (Wildman–Crippen LogP) is 2.75. The van der Waals surface area contributed by atoms with Gasteiger partial charge in [-0.25, -0.2) is 0 Å². The number of hydrogen-bond donors (Lipinski definition) is 1. The predicted molar refractivity (Wildman–Crippen MR) is 63.3 cm³/mol. The third-order valence-corrected chi connectivity index (χ3v) is 3.36. The van der Waals surface area contributed by atoms with Crippen molar-refractivity contribution in [1.82, 2.24) is 5.32 Å². The number of furan rings is 1. The van der Waals surface area contributed by atoms with E-state index in [1.165, 1.54) is 0 Å². The number of hydrogen-bond acceptors (Lipinski definition) is 3. The highest BCUT2D eigenvalue weighted by Crippen LogP contribution is 2.34. The lowest BCUT2D eigenvalue weighted by Gasteiger charge is -2.26. The summed E-state index contributed by atoms with van der Waals surface area (Å²) in [6, 6.07) is 4.31. The van der Waals surface area contributed by atoms with E-state index >= 15 is 0 Å². The molecule has 90 valence electrons. The molecule has 0 aromatic carbocycles. The molecule has 1 aliphatic rings. The summed E-state index contributed by atoms with van der Waals surface area (Å²) in [5.74, 6) is 1.58. The highest BCUT2D eigenvalue weighted by Gasteiger charge is 2.35. The van der Waals surface area contributed by atoms with Gasteiger partial charge in [-0.1, -0.05) is 13.8 Å². The van der Waals surface area contributed by atoms with Gasteiger partial charge >= 0.3 is 0 Å². The molecule has 0 amide bonds. The van der Waals surface area contributed by atoms with E-state index < -0.39 is 0 Å². The summed E-state index contributed by atoms with van der Waals surface area (Å²) in [5.41, 5.74) is 0. The van der Waals surface area contributed by atoms with E-state index in [0.29, 0.717) is 18.1 Å². The molecule has 0 radical (unpaired) electrons. The standard InChI is InChI=1S/C13H21NO2/c1-3-11-10(7-9-16-11)13(14-4-2)12-6-5-8-15-12/h5-6,8,10-11,13-14H,3-4,7,9H2,1-2H3. The van der Waals surface area contributed by atoms with E-state index in [2.05, 4.69) is 25.2 Å². The van der Waals surface area contributed by atoms with Crippen molar-refractivity contribution >= 4 is 0 Å². The molecule has 2 heterocycles. The van der Waals surface area contributed by atoms with Crippen molar-refractivity contribution in [2.45, 2.75) is 38.8 Å². The lowest BCUT2D eigenvalue weighted by atomic mass is 9.89. The van der Waals surface area contributed by atoms with Gasteiger partial charge in [-0.3, -0.25) is 0 Å². The zero-order valence-electron chi connectivity index (χ0n) is 10.1. The number of rotatable bonds is 5. The maximum Gasteiger partial charge on any atom is 0.121 e. The largest absolute Gasteiger partial charge is 0.468 e. The minimum absolute atomic E-state index is 0.299. The Morgan fingerprint density at radius 1 is 1.50 bits per heavy atom. The quantitative estimate of drug-likeness (QED) is 0.833. The van der Waals surface area contributed by atoms with Crippen molar-refractivity contribution in [3.63, 3.8) is 0 Å². The molecular weight excluding hydrogens is 202 g/mol. The van der Waals surface area contributed by atoms with Gasteiger partial charge in [-0.2, -0.15) is 0 Å². The van der Waals surface area contributed by atoms with Gasteiger partial charge in [0.25, 0.3) is 0 Å². The second kappa shape index (κ2) is 5.51. The highest BCUT2D eigenvalue weighted by atomic mass is 16.5. The van der Waals surface area contributed by atoms with Crippen LogP contribution in [0, 0.1) is 5.92 Å². The first kappa shape index (κ1) is 11.7. The van der Waals surface area contributed by atoms with Crippen molar-refractivity contribution in [3.05, 3.63) is 24.2 Å². The molecule has 3 nitrogen and oxygen atoms in total. The van der Waals surface area contributed by atoms with Crippen LogP contribution in [0.1, 0.15) is 38.5 Å². The zero-order valence-corrected chi connectivity index (χ0v) is 10.1. The molecule has 3 atom stereocenters. The summed E-state index contributed by atoms with van der Waals surface area (Å²) >= 11 is 0. The van der Waals surface area contributed by atoms with E-state index in [4.69, 9.17) is 9.15 Å². The van der Waals surface area contributed by atoms with Crippen molar-refractivity contribution in [1.29, 1.82) is 0 Å². The van der Waals surface area contributed by atoms with Gasteiger partial charge < -0.3 is 14.5 Å². The molecule has 1 saturated heterocycles. The second-order valence-corrected chi connectivity index (χ2v) is 4.32.